The molecule has 1 rings (SSSR count). The van der Waals surface area contributed by atoms with Crippen molar-refractivity contribution in [1.82, 2.24) is 10.2 Å². The molecule has 0 unspecified atom stereocenters. The van der Waals surface area contributed by atoms with Gasteiger partial charge in [-0.2, -0.15) is 5.10 Å². The van der Waals surface area contributed by atoms with Crippen LogP contribution in [0.15, 0.2) is 12.1 Å². The Morgan fingerprint density at radius 1 is 1.18 bits per heavy atom. The molecule has 96 valence electrons. The fourth-order valence-electron chi connectivity index (χ4n) is 1.87. The fraction of sp³-hybridized carbons (Fsp3) is 0.692. The van der Waals surface area contributed by atoms with Gasteiger partial charge in [0.15, 0.2) is 5.82 Å². The maximum atomic E-state index is 5.52. The maximum Gasteiger partial charge on any atom is 0.151 e. The van der Waals surface area contributed by atoms with E-state index >= 15 is 0 Å². The van der Waals surface area contributed by atoms with Gasteiger partial charge in [0.2, 0.25) is 0 Å². The summed E-state index contributed by atoms with van der Waals surface area (Å²) in [5.74, 6) is 1.68. The van der Waals surface area contributed by atoms with E-state index in [2.05, 4.69) is 35.9 Å². The average Bonchev–Trinajstić information content (AvgIpc) is 2.40. The summed E-state index contributed by atoms with van der Waals surface area (Å²) in [5, 5.41) is 8.35. The minimum atomic E-state index is 0.450. The fourth-order valence-corrected chi connectivity index (χ4v) is 1.87. The van der Waals surface area contributed by atoms with Gasteiger partial charge in [-0.15, -0.1) is 5.10 Å². The van der Waals surface area contributed by atoms with Crippen molar-refractivity contribution >= 4 is 5.82 Å². The summed E-state index contributed by atoms with van der Waals surface area (Å²) in [6, 6.07) is 3.97. The van der Waals surface area contributed by atoms with Gasteiger partial charge in [-0.05, 0) is 25.0 Å². The zero-order valence-corrected chi connectivity index (χ0v) is 11.2. The summed E-state index contributed by atoms with van der Waals surface area (Å²) in [4.78, 5) is 2.28. The van der Waals surface area contributed by atoms with E-state index in [9.17, 15) is 0 Å². The molecule has 0 aliphatic carbocycles. The topological polar surface area (TPSA) is 55.0 Å². The number of nitrogens with two attached hydrogens (primary N) is 1. The normalized spacial score (nSPS) is 10.9. The monoisotopic (exact) mass is 236 g/mol. The van der Waals surface area contributed by atoms with Gasteiger partial charge in [-0.3, -0.25) is 0 Å². The average molecular weight is 236 g/mol. The third-order valence-corrected chi connectivity index (χ3v) is 3.25. The van der Waals surface area contributed by atoms with E-state index in [1.165, 1.54) is 12.8 Å². The molecule has 1 heterocycles. The van der Waals surface area contributed by atoms with Crippen LogP contribution in [-0.2, 0) is 6.54 Å². The first-order chi connectivity index (χ1) is 8.24. The van der Waals surface area contributed by atoms with E-state index < -0.39 is 0 Å². The Hall–Kier alpha value is -1.16. The van der Waals surface area contributed by atoms with Crippen molar-refractivity contribution in [3.05, 3.63) is 17.8 Å². The molecular formula is C13H24N4. The number of aromatic nitrogens is 2. The second kappa shape index (κ2) is 7.22. The molecule has 4 nitrogen and oxygen atoms in total. The lowest BCUT2D eigenvalue weighted by molar-refractivity contribution is 0.483. The SMILES string of the molecule is CCC(CC)CN(CC)c1ccc(CN)nn1. The summed E-state index contributed by atoms with van der Waals surface area (Å²) in [5.41, 5.74) is 6.36. The third kappa shape index (κ3) is 3.97. The van der Waals surface area contributed by atoms with Crippen LogP contribution in [0.3, 0.4) is 0 Å². The van der Waals surface area contributed by atoms with Gasteiger partial charge in [-0.1, -0.05) is 26.7 Å². The Labute approximate surface area is 104 Å². The number of rotatable bonds is 7. The Morgan fingerprint density at radius 3 is 2.29 bits per heavy atom. The summed E-state index contributed by atoms with van der Waals surface area (Å²) >= 11 is 0. The molecule has 17 heavy (non-hydrogen) atoms. The van der Waals surface area contributed by atoms with Gasteiger partial charge in [0.05, 0.1) is 5.69 Å². The molecule has 4 heteroatoms. The predicted molar refractivity (Wildman–Crippen MR) is 71.9 cm³/mol. The van der Waals surface area contributed by atoms with E-state index in [4.69, 9.17) is 5.73 Å². The van der Waals surface area contributed by atoms with Crippen molar-refractivity contribution in [2.24, 2.45) is 11.7 Å². The molecule has 0 bridgehead atoms. The number of anilines is 1. The molecule has 0 amide bonds. The molecule has 0 atom stereocenters. The van der Waals surface area contributed by atoms with Crippen LogP contribution >= 0.6 is 0 Å². The van der Waals surface area contributed by atoms with Gasteiger partial charge in [-0.25, -0.2) is 0 Å². The van der Waals surface area contributed by atoms with E-state index in [-0.39, 0.29) is 0 Å². The van der Waals surface area contributed by atoms with Gasteiger partial charge in [0.25, 0.3) is 0 Å². The molecule has 0 spiro atoms. The largest absolute Gasteiger partial charge is 0.355 e. The highest BCUT2D eigenvalue weighted by Gasteiger charge is 2.11. The first kappa shape index (κ1) is 13.9. The zero-order chi connectivity index (χ0) is 12.7. The molecule has 1 aromatic heterocycles. The molecule has 0 saturated heterocycles. The maximum absolute atomic E-state index is 5.52. The standard InChI is InChI=1S/C13H24N4/c1-4-11(5-2)10-17(6-3)13-8-7-12(9-14)15-16-13/h7-8,11H,4-6,9-10,14H2,1-3H3. The summed E-state index contributed by atoms with van der Waals surface area (Å²) < 4.78 is 0. The van der Waals surface area contributed by atoms with Crippen LogP contribution in [0.5, 0.6) is 0 Å². The molecule has 0 aromatic carbocycles. The smallest absolute Gasteiger partial charge is 0.151 e. The lowest BCUT2D eigenvalue weighted by Gasteiger charge is -2.25. The lowest BCUT2D eigenvalue weighted by atomic mass is 10.0. The Kier molecular flexibility index (Phi) is 5.91. The molecule has 2 N–H and O–H groups in total. The molecule has 0 fully saturated rings. The van der Waals surface area contributed by atoms with Crippen molar-refractivity contribution in [3.63, 3.8) is 0 Å². The van der Waals surface area contributed by atoms with Gasteiger partial charge >= 0.3 is 0 Å². The van der Waals surface area contributed by atoms with Crippen molar-refractivity contribution in [2.75, 3.05) is 18.0 Å². The number of hydrogen-bond acceptors (Lipinski definition) is 4. The number of nitrogens with zero attached hydrogens (tertiary/aromatic N) is 3. The molecule has 0 aliphatic heterocycles. The lowest BCUT2D eigenvalue weighted by Crippen LogP contribution is -2.30. The highest BCUT2D eigenvalue weighted by atomic mass is 15.3. The quantitative estimate of drug-likeness (QED) is 0.788. The van der Waals surface area contributed by atoms with Crippen LogP contribution in [0.25, 0.3) is 0 Å². The third-order valence-electron chi connectivity index (χ3n) is 3.25. The van der Waals surface area contributed by atoms with E-state index in [1.807, 2.05) is 12.1 Å². The van der Waals surface area contributed by atoms with Crippen LogP contribution in [-0.4, -0.2) is 23.3 Å². The van der Waals surface area contributed by atoms with Crippen molar-refractivity contribution < 1.29 is 0 Å². The van der Waals surface area contributed by atoms with E-state index in [1.54, 1.807) is 0 Å². The van der Waals surface area contributed by atoms with Gasteiger partial charge in [0, 0.05) is 19.6 Å². The van der Waals surface area contributed by atoms with Crippen molar-refractivity contribution in [3.8, 4) is 0 Å². The Morgan fingerprint density at radius 2 is 1.88 bits per heavy atom. The molecule has 1 aromatic rings. The first-order valence-electron chi connectivity index (χ1n) is 6.52. The zero-order valence-electron chi connectivity index (χ0n) is 11.2. The summed E-state index contributed by atoms with van der Waals surface area (Å²) in [7, 11) is 0. The van der Waals surface area contributed by atoms with E-state index in [0.717, 1.165) is 30.5 Å². The number of hydrogen-bond donors (Lipinski definition) is 1. The molecule has 0 radical (unpaired) electrons. The Balaban J connectivity index is 2.71. The van der Waals surface area contributed by atoms with Gasteiger partial charge < -0.3 is 10.6 Å². The predicted octanol–water partition coefficient (Wildman–Crippen LogP) is 2.20. The minimum absolute atomic E-state index is 0.450. The van der Waals surface area contributed by atoms with Crippen molar-refractivity contribution in [2.45, 2.75) is 40.2 Å². The second-order valence-corrected chi connectivity index (χ2v) is 4.31. The summed E-state index contributed by atoms with van der Waals surface area (Å²) in [6.45, 7) is 9.11. The van der Waals surface area contributed by atoms with E-state index in [0.29, 0.717) is 6.54 Å². The second-order valence-electron chi connectivity index (χ2n) is 4.31. The molecule has 0 saturated carbocycles. The summed E-state index contributed by atoms with van der Waals surface area (Å²) in [6.07, 6.45) is 2.42. The molecular weight excluding hydrogens is 212 g/mol. The molecule has 0 aliphatic rings. The van der Waals surface area contributed by atoms with Crippen LogP contribution in [0.2, 0.25) is 0 Å². The van der Waals surface area contributed by atoms with Crippen LogP contribution < -0.4 is 10.6 Å². The van der Waals surface area contributed by atoms with Crippen LogP contribution in [0.4, 0.5) is 5.82 Å². The van der Waals surface area contributed by atoms with Crippen LogP contribution in [0, 0.1) is 5.92 Å². The Bertz CT molecular complexity index is 306. The minimum Gasteiger partial charge on any atom is -0.355 e. The first-order valence-corrected chi connectivity index (χ1v) is 6.52. The van der Waals surface area contributed by atoms with Crippen molar-refractivity contribution in [1.29, 1.82) is 0 Å². The van der Waals surface area contributed by atoms with Gasteiger partial charge in [0.1, 0.15) is 0 Å². The van der Waals surface area contributed by atoms with Crippen LogP contribution in [0.1, 0.15) is 39.3 Å². The highest BCUT2D eigenvalue weighted by molar-refractivity contribution is 5.37. The highest BCUT2D eigenvalue weighted by Crippen LogP contribution is 2.15.